The predicted octanol–water partition coefficient (Wildman–Crippen LogP) is 1.38. The monoisotopic (exact) mass is 369 g/mol. The van der Waals surface area contributed by atoms with E-state index in [0.717, 1.165) is 0 Å². The lowest BCUT2D eigenvalue weighted by Crippen LogP contribution is -2.46. The number of nitrogens with one attached hydrogen (secondary N) is 1. The molecule has 1 aromatic carbocycles. The van der Waals surface area contributed by atoms with E-state index in [4.69, 9.17) is 4.74 Å². The molecule has 1 fully saturated rings. The van der Waals surface area contributed by atoms with Crippen LogP contribution in [-0.2, 0) is 19.6 Å². The molecule has 1 aromatic rings. The van der Waals surface area contributed by atoms with Gasteiger partial charge in [0.2, 0.25) is 15.9 Å². The van der Waals surface area contributed by atoms with E-state index in [2.05, 4.69) is 5.32 Å². The lowest BCUT2D eigenvalue weighted by atomic mass is 10.3. The number of rotatable bonds is 7. The maximum atomic E-state index is 12.4. The molecule has 8 heteroatoms. The average Bonchev–Trinajstić information content (AvgIpc) is 2.61. The molecule has 0 aromatic heterocycles. The van der Waals surface area contributed by atoms with Gasteiger partial charge in [0.15, 0.2) is 0 Å². The van der Waals surface area contributed by atoms with E-state index in [0.29, 0.717) is 38.5 Å². The van der Waals surface area contributed by atoms with Gasteiger partial charge in [-0.25, -0.2) is 8.42 Å². The third-order valence-corrected chi connectivity index (χ3v) is 6.30. The molecule has 25 heavy (non-hydrogen) atoms. The fourth-order valence-electron chi connectivity index (χ4n) is 2.79. The van der Waals surface area contributed by atoms with Crippen molar-refractivity contribution in [3.05, 3.63) is 24.3 Å². The van der Waals surface area contributed by atoms with Crippen LogP contribution in [0.4, 0.5) is 5.69 Å². The second kappa shape index (κ2) is 8.64. The summed E-state index contributed by atoms with van der Waals surface area (Å²) in [7, 11) is -3.46. The van der Waals surface area contributed by atoms with Crippen LogP contribution in [-0.4, -0.2) is 69.0 Å². The molecule has 0 spiro atoms. The molecule has 1 unspecified atom stereocenters. The van der Waals surface area contributed by atoms with Crippen molar-refractivity contribution in [3.8, 4) is 0 Å². The van der Waals surface area contributed by atoms with Crippen molar-refractivity contribution in [2.24, 2.45) is 0 Å². The lowest BCUT2D eigenvalue weighted by Gasteiger charge is -2.31. The fourth-order valence-corrected chi connectivity index (χ4v) is 4.25. The number of sulfonamides is 1. The fraction of sp³-hybridized carbons (Fsp3) is 0.588. The average molecular weight is 369 g/mol. The van der Waals surface area contributed by atoms with Gasteiger partial charge < -0.3 is 15.0 Å². The number of carbonyl (C=O) groups excluding carboxylic acids is 1. The molecule has 7 nitrogen and oxygen atoms in total. The van der Waals surface area contributed by atoms with Crippen LogP contribution >= 0.6 is 0 Å². The molecule has 1 aliphatic rings. The van der Waals surface area contributed by atoms with Gasteiger partial charge in [-0.15, -0.1) is 0 Å². The van der Waals surface area contributed by atoms with Crippen LogP contribution < -0.4 is 5.32 Å². The van der Waals surface area contributed by atoms with E-state index in [-0.39, 0.29) is 23.5 Å². The lowest BCUT2D eigenvalue weighted by molar-refractivity contribution is -0.136. The number of benzene rings is 1. The zero-order valence-corrected chi connectivity index (χ0v) is 15.9. The van der Waals surface area contributed by atoms with Gasteiger partial charge in [0.1, 0.15) is 0 Å². The van der Waals surface area contributed by atoms with Gasteiger partial charge in [-0.2, -0.15) is 4.31 Å². The first-order chi connectivity index (χ1) is 11.9. The van der Waals surface area contributed by atoms with Crippen molar-refractivity contribution in [2.75, 3.05) is 44.6 Å². The number of morpholine rings is 1. The molecule has 1 heterocycles. The Morgan fingerprint density at radius 1 is 1.28 bits per heavy atom. The highest BCUT2D eigenvalue weighted by molar-refractivity contribution is 7.89. The Morgan fingerprint density at radius 2 is 1.92 bits per heavy atom. The van der Waals surface area contributed by atoms with Crippen LogP contribution in [0.15, 0.2) is 29.2 Å². The zero-order valence-electron chi connectivity index (χ0n) is 15.1. The highest BCUT2D eigenvalue weighted by Crippen LogP contribution is 2.18. The third-order valence-electron chi connectivity index (χ3n) is 4.24. The minimum absolute atomic E-state index is 0.00925. The molecule has 0 bridgehead atoms. The van der Waals surface area contributed by atoms with Crippen LogP contribution in [0.2, 0.25) is 0 Å². The van der Waals surface area contributed by atoms with E-state index in [9.17, 15) is 13.2 Å². The first-order valence-corrected chi connectivity index (χ1v) is 10.1. The zero-order chi connectivity index (χ0) is 18.4. The van der Waals surface area contributed by atoms with E-state index in [1.54, 1.807) is 29.2 Å². The third kappa shape index (κ3) is 4.93. The second-order valence-electron chi connectivity index (χ2n) is 5.99. The van der Waals surface area contributed by atoms with E-state index in [1.807, 2.05) is 20.8 Å². The number of ether oxygens (including phenoxy) is 1. The summed E-state index contributed by atoms with van der Waals surface area (Å²) in [4.78, 5) is 14.3. The maximum Gasteiger partial charge on any atom is 0.243 e. The summed E-state index contributed by atoms with van der Waals surface area (Å²) >= 11 is 0. The summed E-state index contributed by atoms with van der Waals surface area (Å²) in [5, 5.41) is 3.05. The molecule has 0 saturated carbocycles. The predicted molar refractivity (Wildman–Crippen MR) is 97.0 cm³/mol. The minimum Gasteiger partial charge on any atom is -0.376 e. The number of carbonyl (C=O) groups is 1. The van der Waals surface area contributed by atoms with Gasteiger partial charge in [-0.05, 0) is 31.2 Å². The van der Waals surface area contributed by atoms with Crippen molar-refractivity contribution >= 4 is 21.6 Å². The Hall–Kier alpha value is -1.64. The van der Waals surface area contributed by atoms with Crippen LogP contribution in [0.25, 0.3) is 0 Å². The van der Waals surface area contributed by atoms with E-state index >= 15 is 0 Å². The van der Waals surface area contributed by atoms with Gasteiger partial charge >= 0.3 is 0 Å². The Morgan fingerprint density at radius 3 is 2.48 bits per heavy atom. The minimum atomic E-state index is -3.46. The molecule has 140 valence electrons. The molecule has 1 aliphatic heterocycles. The van der Waals surface area contributed by atoms with Crippen LogP contribution in [0.1, 0.15) is 20.8 Å². The summed E-state index contributed by atoms with van der Waals surface area (Å²) < 4.78 is 31.7. The molecule has 0 aliphatic carbocycles. The van der Waals surface area contributed by atoms with Gasteiger partial charge in [-0.1, -0.05) is 13.8 Å². The molecule has 1 N–H and O–H groups in total. The van der Waals surface area contributed by atoms with Gasteiger partial charge in [-0.3, -0.25) is 4.79 Å². The van der Waals surface area contributed by atoms with Crippen molar-refractivity contribution in [1.29, 1.82) is 0 Å². The summed E-state index contributed by atoms with van der Waals surface area (Å²) in [6.45, 7) is 8.38. The highest BCUT2D eigenvalue weighted by atomic mass is 32.2. The molecular weight excluding hydrogens is 342 g/mol. The van der Waals surface area contributed by atoms with E-state index < -0.39 is 10.0 Å². The number of hydrogen-bond donors (Lipinski definition) is 1. The number of amides is 1. The Kier molecular flexibility index (Phi) is 6.80. The summed E-state index contributed by atoms with van der Waals surface area (Å²) in [6, 6.07) is 6.51. The maximum absolute atomic E-state index is 12.4. The van der Waals surface area contributed by atoms with Crippen molar-refractivity contribution in [2.45, 2.75) is 31.8 Å². The van der Waals surface area contributed by atoms with Gasteiger partial charge in [0, 0.05) is 31.9 Å². The molecule has 2 rings (SSSR count). The van der Waals surface area contributed by atoms with E-state index in [1.165, 1.54) is 4.31 Å². The van der Waals surface area contributed by atoms with Crippen LogP contribution in [0, 0.1) is 0 Å². The van der Waals surface area contributed by atoms with Crippen LogP contribution in [0.3, 0.4) is 0 Å². The van der Waals surface area contributed by atoms with Crippen molar-refractivity contribution in [3.63, 3.8) is 0 Å². The number of nitrogens with zero attached hydrogens (tertiary/aromatic N) is 2. The van der Waals surface area contributed by atoms with Gasteiger partial charge in [0.25, 0.3) is 0 Å². The number of anilines is 1. The number of hydrogen-bond acceptors (Lipinski definition) is 5. The molecule has 0 radical (unpaired) electrons. The van der Waals surface area contributed by atoms with Crippen molar-refractivity contribution < 1.29 is 17.9 Å². The quantitative estimate of drug-likeness (QED) is 0.785. The van der Waals surface area contributed by atoms with Crippen LogP contribution in [0.5, 0.6) is 0 Å². The Labute approximate surface area is 150 Å². The Balaban J connectivity index is 1.95. The smallest absolute Gasteiger partial charge is 0.243 e. The summed E-state index contributed by atoms with van der Waals surface area (Å²) in [6.07, 6.45) is 0.0577. The normalized spacial score (nSPS) is 18.4. The van der Waals surface area contributed by atoms with Gasteiger partial charge in [0.05, 0.1) is 24.2 Å². The summed E-state index contributed by atoms with van der Waals surface area (Å²) in [5.41, 5.74) is 0.716. The largest absolute Gasteiger partial charge is 0.376 e. The topological polar surface area (TPSA) is 79.0 Å². The Bertz CT molecular complexity index is 672. The molecule has 1 atom stereocenters. The first kappa shape index (κ1) is 19.7. The SMILES string of the molecule is CCN(CC)S(=O)(=O)c1ccc(NCC(=O)N2CCOC(C)C2)cc1. The highest BCUT2D eigenvalue weighted by Gasteiger charge is 2.22. The summed E-state index contributed by atoms with van der Waals surface area (Å²) in [5.74, 6) is 0.00925. The molecular formula is C17H27N3O4S. The van der Waals surface area contributed by atoms with Crippen molar-refractivity contribution in [1.82, 2.24) is 9.21 Å². The molecule has 1 amide bonds. The molecule has 1 saturated heterocycles. The standard InChI is InChI=1S/C17H27N3O4S/c1-4-20(5-2)25(22,23)16-8-6-15(7-9-16)18-12-17(21)19-10-11-24-14(3)13-19/h6-9,14,18H,4-5,10-13H2,1-3H3. The second-order valence-corrected chi connectivity index (χ2v) is 7.93. The first-order valence-electron chi connectivity index (χ1n) is 8.62.